The smallest absolute Gasteiger partial charge is 0.143 e. The molecule has 0 N–H and O–H groups in total. The van der Waals surface area contributed by atoms with Crippen LogP contribution in [0.5, 0.6) is 0 Å². The van der Waals surface area contributed by atoms with Crippen LogP contribution in [0.1, 0.15) is 28.4 Å². The second-order valence-corrected chi connectivity index (χ2v) is 10.2. The highest BCUT2D eigenvalue weighted by Gasteiger charge is 2.36. The van der Waals surface area contributed by atoms with Crippen LogP contribution in [0.4, 0.5) is 0 Å². The Morgan fingerprint density at radius 3 is 1.85 bits per heavy atom. The zero-order valence-electron chi connectivity index (χ0n) is 23.0. The number of benzene rings is 5. The lowest BCUT2D eigenvalue weighted by molar-refractivity contribution is -0.142. The van der Waals surface area contributed by atoms with Crippen LogP contribution in [-0.4, -0.2) is 18.8 Å². The molecule has 1 aliphatic rings. The minimum absolute atomic E-state index is 0.311. The lowest BCUT2D eigenvalue weighted by Crippen LogP contribution is -2.41. The van der Waals surface area contributed by atoms with Gasteiger partial charge in [0.1, 0.15) is 30.7 Å². The quantitative estimate of drug-likeness (QED) is 0.169. The molecule has 5 aromatic rings. The normalized spacial score (nSPS) is 18.6. The molecule has 0 bridgehead atoms. The van der Waals surface area contributed by atoms with Gasteiger partial charge in [-0.3, -0.25) is 0 Å². The molecule has 0 saturated heterocycles. The van der Waals surface area contributed by atoms with Gasteiger partial charge in [-0.2, -0.15) is 0 Å². The molecule has 0 amide bonds. The van der Waals surface area contributed by atoms with Crippen LogP contribution in [0.3, 0.4) is 0 Å². The molecule has 41 heavy (non-hydrogen) atoms. The van der Waals surface area contributed by atoms with E-state index in [0.29, 0.717) is 26.4 Å². The molecule has 0 spiro atoms. The van der Waals surface area contributed by atoms with Crippen molar-refractivity contribution < 1.29 is 18.9 Å². The van der Waals surface area contributed by atoms with Crippen molar-refractivity contribution in [3.05, 3.63) is 168 Å². The van der Waals surface area contributed by atoms with E-state index in [4.69, 9.17) is 18.9 Å². The summed E-state index contributed by atoms with van der Waals surface area (Å²) in [6.45, 7) is 1.74. The Morgan fingerprint density at radius 1 is 0.561 bits per heavy atom. The lowest BCUT2D eigenvalue weighted by atomic mass is 9.96. The Bertz CT molecular complexity index is 1540. The van der Waals surface area contributed by atoms with Gasteiger partial charge < -0.3 is 18.9 Å². The first-order valence-electron chi connectivity index (χ1n) is 14.1. The number of hydrogen-bond acceptors (Lipinski definition) is 4. The Morgan fingerprint density at radius 2 is 1.15 bits per heavy atom. The molecule has 206 valence electrons. The third-order valence-electron chi connectivity index (χ3n) is 7.30. The van der Waals surface area contributed by atoms with Crippen LogP contribution in [0.15, 0.2) is 145 Å². The predicted octanol–water partition coefficient (Wildman–Crippen LogP) is 8.18. The molecule has 4 heteroatoms. The van der Waals surface area contributed by atoms with Crippen LogP contribution in [0.25, 0.3) is 10.8 Å². The van der Waals surface area contributed by atoms with Crippen molar-refractivity contribution in [2.24, 2.45) is 0 Å². The summed E-state index contributed by atoms with van der Waals surface area (Å²) in [5.41, 5.74) is 4.40. The van der Waals surface area contributed by atoms with Gasteiger partial charge in [0.2, 0.25) is 0 Å². The maximum absolute atomic E-state index is 6.80. The fourth-order valence-electron chi connectivity index (χ4n) is 5.20. The van der Waals surface area contributed by atoms with E-state index in [-0.39, 0.29) is 12.2 Å². The molecule has 0 saturated carbocycles. The fourth-order valence-corrected chi connectivity index (χ4v) is 5.20. The maximum Gasteiger partial charge on any atom is 0.143 e. The van der Waals surface area contributed by atoms with Gasteiger partial charge in [0, 0.05) is 0 Å². The molecule has 0 fully saturated rings. The zero-order valence-corrected chi connectivity index (χ0v) is 23.0. The van der Waals surface area contributed by atoms with E-state index in [1.807, 2.05) is 54.6 Å². The van der Waals surface area contributed by atoms with Crippen molar-refractivity contribution in [3.8, 4) is 0 Å². The minimum atomic E-state index is -0.430. The molecule has 0 unspecified atom stereocenters. The maximum atomic E-state index is 6.80. The monoisotopic (exact) mass is 542 g/mol. The van der Waals surface area contributed by atoms with Gasteiger partial charge in [-0.15, -0.1) is 0 Å². The van der Waals surface area contributed by atoms with E-state index in [0.717, 1.165) is 33.4 Å². The lowest BCUT2D eigenvalue weighted by Gasteiger charge is -2.36. The van der Waals surface area contributed by atoms with Crippen molar-refractivity contribution in [2.75, 3.05) is 6.61 Å². The van der Waals surface area contributed by atoms with Gasteiger partial charge in [0.05, 0.1) is 19.8 Å². The number of ether oxygens (including phenoxy) is 4. The molecular weight excluding hydrogens is 508 g/mol. The SMILES string of the molecule is C1=C(OCc2ccccc2)[C@@H](OCc2ccccc2)[C@@H](COCc2ccccc2)O[C@@H]1c1cccc2ccccc12. The molecule has 4 nitrogen and oxygen atoms in total. The summed E-state index contributed by atoms with van der Waals surface area (Å²) in [5.74, 6) is 0.766. The van der Waals surface area contributed by atoms with E-state index in [1.54, 1.807) is 0 Å². The summed E-state index contributed by atoms with van der Waals surface area (Å²) < 4.78 is 26.1. The topological polar surface area (TPSA) is 36.9 Å². The number of fused-ring (bicyclic) bond motifs is 1. The summed E-state index contributed by atoms with van der Waals surface area (Å²) in [5, 5.41) is 2.33. The van der Waals surface area contributed by atoms with Gasteiger partial charge in [0.15, 0.2) is 0 Å². The average Bonchev–Trinajstić information content (AvgIpc) is 3.04. The van der Waals surface area contributed by atoms with Crippen molar-refractivity contribution in [3.63, 3.8) is 0 Å². The van der Waals surface area contributed by atoms with E-state index < -0.39 is 6.10 Å². The van der Waals surface area contributed by atoms with Crippen molar-refractivity contribution in [1.82, 2.24) is 0 Å². The van der Waals surface area contributed by atoms with E-state index in [2.05, 4.69) is 84.9 Å². The Balaban J connectivity index is 1.32. The highest BCUT2D eigenvalue weighted by molar-refractivity contribution is 5.86. The first kappa shape index (κ1) is 27.0. The van der Waals surface area contributed by atoms with Gasteiger partial charge in [-0.05, 0) is 39.1 Å². The highest BCUT2D eigenvalue weighted by atomic mass is 16.6. The van der Waals surface area contributed by atoms with E-state index in [9.17, 15) is 0 Å². The van der Waals surface area contributed by atoms with Gasteiger partial charge >= 0.3 is 0 Å². The summed E-state index contributed by atoms with van der Waals surface area (Å²) in [4.78, 5) is 0. The minimum Gasteiger partial charge on any atom is -0.491 e. The summed E-state index contributed by atoms with van der Waals surface area (Å²) in [7, 11) is 0. The van der Waals surface area contributed by atoms with Crippen LogP contribution < -0.4 is 0 Å². The third kappa shape index (κ3) is 6.93. The molecular formula is C37H34O4. The molecule has 0 radical (unpaired) electrons. The van der Waals surface area contributed by atoms with Crippen LogP contribution >= 0.6 is 0 Å². The van der Waals surface area contributed by atoms with Crippen LogP contribution in [-0.2, 0) is 38.8 Å². The van der Waals surface area contributed by atoms with Crippen molar-refractivity contribution in [2.45, 2.75) is 38.1 Å². The second-order valence-electron chi connectivity index (χ2n) is 10.2. The standard InChI is InChI=1S/C37H34O4/c1-4-13-28(14-5-1)24-38-27-36-37(40-26-30-17-8-3-9-18-30)35(39-25-29-15-6-2-7-16-29)23-34(41-36)33-22-12-20-31-19-10-11-21-32(31)33/h1-23,34,36-37H,24-27H2/t34-,36+,37+/m0/s1. The zero-order chi connectivity index (χ0) is 27.7. The van der Waals surface area contributed by atoms with Crippen molar-refractivity contribution in [1.29, 1.82) is 0 Å². The van der Waals surface area contributed by atoms with Crippen LogP contribution in [0, 0.1) is 0 Å². The van der Waals surface area contributed by atoms with E-state index >= 15 is 0 Å². The van der Waals surface area contributed by atoms with E-state index in [1.165, 1.54) is 5.39 Å². The first-order valence-corrected chi connectivity index (χ1v) is 14.1. The van der Waals surface area contributed by atoms with Gasteiger partial charge in [0.25, 0.3) is 0 Å². The molecule has 1 aliphatic heterocycles. The number of hydrogen-bond donors (Lipinski definition) is 0. The Kier molecular flexibility index (Phi) is 8.83. The first-order chi connectivity index (χ1) is 20.3. The van der Waals surface area contributed by atoms with Crippen molar-refractivity contribution >= 4 is 10.8 Å². The Hall–Kier alpha value is -4.22. The molecule has 6 rings (SSSR count). The summed E-state index contributed by atoms with van der Waals surface area (Å²) in [6, 6.07) is 45.3. The number of rotatable bonds is 11. The molecule has 5 aromatic carbocycles. The second kappa shape index (κ2) is 13.4. The highest BCUT2D eigenvalue weighted by Crippen LogP contribution is 2.36. The summed E-state index contributed by atoms with van der Waals surface area (Å²) in [6.07, 6.45) is 0.963. The fraction of sp³-hybridized carbons (Fsp3) is 0.189. The summed E-state index contributed by atoms with van der Waals surface area (Å²) >= 11 is 0. The Labute approximate surface area is 241 Å². The molecule has 1 heterocycles. The predicted molar refractivity (Wildman–Crippen MR) is 162 cm³/mol. The van der Waals surface area contributed by atoms with Crippen LogP contribution in [0.2, 0.25) is 0 Å². The molecule has 3 atom stereocenters. The average molecular weight is 543 g/mol. The van der Waals surface area contributed by atoms with Gasteiger partial charge in [-0.25, -0.2) is 0 Å². The third-order valence-corrected chi connectivity index (χ3v) is 7.30. The molecule has 0 aliphatic carbocycles. The largest absolute Gasteiger partial charge is 0.491 e. The molecule has 0 aromatic heterocycles. The van der Waals surface area contributed by atoms with Gasteiger partial charge in [-0.1, -0.05) is 133 Å².